The molecule has 0 aliphatic rings. The minimum Gasteiger partial charge on any atom is -0.390 e. The van der Waals surface area contributed by atoms with Crippen molar-refractivity contribution in [3.05, 3.63) is 29.1 Å². The molecule has 0 saturated heterocycles. The Hall–Kier alpha value is -0.890. The van der Waals surface area contributed by atoms with Crippen LogP contribution in [0.3, 0.4) is 0 Å². The molecule has 0 bridgehead atoms. The number of rotatable bonds is 16. The van der Waals surface area contributed by atoms with E-state index >= 15 is 0 Å². The number of hydrogen-bond acceptors (Lipinski definition) is 1. The van der Waals surface area contributed by atoms with Crippen LogP contribution in [0.1, 0.15) is 107 Å². The van der Waals surface area contributed by atoms with Crippen molar-refractivity contribution in [2.45, 2.75) is 117 Å². The lowest BCUT2D eigenvalue weighted by Crippen LogP contribution is -2.43. The Morgan fingerprint density at radius 3 is 1.73 bits per heavy atom. The molecule has 1 heterocycles. The van der Waals surface area contributed by atoms with E-state index in [1.165, 1.54) is 100 Å². The molecule has 1 aromatic heterocycles. The minimum atomic E-state index is 0.222. The zero-order valence-electron chi connectivity index (χ0n) is 17.9. The van der Waals surface area contributed by atoms with Gasteiger partial charge in [-0.3, -0.25) is 0 Å². The number of aryl methyl sites for hydroxylation is 3. The predicted octanol–water partition coefficient (Wildman–Crippen LogP) is 6.22. The smallest absolute Gasteiger partial charge is 0.181 e. The highest BCUT2D eigenvalue weighted by atomic mass is 16.3. The number of nitrogens with zero attached hydrogens (tertiary/aromatic N) is 1. The van der Waals surface area contributed by atoms with E-state index in [1.54, 1.807) is 0 Å². The maximum atomic E-state index is 9.30. The third-order valence-corrected chi connectivity index (χ3v) is 5.46. The fourth-order valence-electron chi connectivity index (χ4n) is 3.97. The Kier molecular flexibility index (Phi) is 13.5. The molecule has 26 heavy (non-hydrogen) atoms. The quantitative estimate of drug-likeness (QED) is 0.274. The second-order valence-electron chi connectivity index (χ2n) is 8.03. The molecule has 0 aliphatic carbocycles. The van der Waals surface area contributed by atoms with Crippen molar-refractivity contribution in [3.63, 3.8) is 0 Å². The fraction of sp³-hybridized carbons (Fsp3) is 0.792. The number of pyridine rings is 1. The van der Waals surface area contributed by atoms with E-state index in [4.69, 9.17) is 0 Å². The fourth-order valence-corrected chi connectivity index (χ4v) is 3.97. The molecule has 2 heteroatoms. The number of aromatic nitrogens is 1. The molecule has 150 valence electrons. The molecule has 0 aliphatic heterocycles. The number of unbranched alkanes of at least 4 members (excludes halogenated alkanes) is 12. The third kappa shape index (κ3) is 10.3. The summed E-state index contributed by atoms with van der Waals surface area (Å²) in [6.07, 6.45) is 19.4. The molecule has 0 spiro atoms. The zero-order chi connectivity index (χ0) is 19.0. The first-order valence-electron chi connectivity index (χ1n) is 11.3. The Labute approximate surface area is 163 Å². The molecule has 0 saturated carbocycles. The molecule has 0 unspecified atom stereocenters. The maximum Gasteiger partial charge on any atom is 0.181 e. The van der Waals surface area contributed by atoms with Gasteiger partial charge in [-0.15, -0.1) is 0 Å². The molecule has 0 fully saturated rings. The van der Waals surface area contributed by atoms with Gasteiger partial charge in [0.1, 0.15) is 6.61 Å². The Balaban J connectivity index is 2.06. The molecular weight excluding hydrogens is 318 g/mol. The van der Waals surface area contributed by atoms with Crippen LogP contribution >= 0.6 is 0 Å². The van der Waals surface area contributed by atoms with Crippen molar-refractivity contribution >= 4 is 0 Å². The number of aliphatic hydroxyl groups excluding tert-OH is 1. The lowest BCUT2D eigenvalue weighted by Gasteiger charge is -2.08. The summed E-state index contributed by atoms with van der Waals surface area (Å²) in [6, 6.07) is 4.51. The normalized spacial score (nSPS) is 11.2. The molecule has 0 radical (unpaired) electrons. The van der Waals surface area contributed by atoms with Crippen LogP contribution in [-0.4, -0.2) is 11.7 Å². The highest BCUT2D eigenvalue weighted by Crippen LogP contribution is 2.13. The summed E-state index contributed by atoms with van der Waals surface area (Å²) in [5.74, 6) is 0. The van der Waals surface area contributed by atoms with Crippen molar-refractivity contribution in [2.75, 3.05) is 6.61 Å². The van der Waals surface area contributed by atoms with Gasteiger partial charge in [-0.2, -0.15) is 4.57 Å². The molecular formula is C24H44NO+. The van der Waals surface area contributed by atoms with Crippen LogP contribution in [-0.2, 0) is 13.0 Å². The maximum absolute atomic E-state index is 9.30. The Morgan fingerprint density at radius 1 is 0.731 bits per heavy atom. The van der Waals surface area contributed by atoms with E-state index in [9.17, 15) is 5.11 Å². The topological polar surface area (TPSA) is 24.1 Å². The highest BCUT2D eigenvalue weighted by molar-refractivity contribution is 5.14. The first kappa shape index (κ1) is 23.1. The van der Waals surface area contributed by atoms with Crippen LogP contribution in [0.15, 0.2) is 12.1 Å². The molecule has 2 nitrogen and oxygen atoms in total. The van der Waals surface area contributed by atoms with Gasteiger partial charge in [0.15, 0.2) is 17.9 Å². The van der Waals surface area contributed by atoms with Gasteiger partial charge < -0.3 is 5.11 Å². The minimum absolute atomic E-state index is 0.222. The van der Waals surface area contributed by atoms with E-state index in [0.29, 0.717) is 0 Å². The number of aliphatic hydroxyl groups is 1. The van der Waals surface area contributed by atoms with Crippen LogP contribution in [0.25, 0.3) is 0 Å². The zero-order valence-corrected chi connectivity index (χ0v) is 17.9. The molecule has 1 aromatic rings. The lowest BCUT2D eigenvalue weighted by atomic mass is 10.0. The Morgan fingerprint density at radius 2 is 1.23 bits per heavy atom. The summed E-state index contributed by atoms with van der Waals surface area (Å²) in [4.78, 5) is 0. The monoisotopic (exact) mass is 362 g/mol. The highest BCUT2D eigenvalue weighted by Gasteiger charge is 2.14. The van der Waals surface area contributed by atoms with Crippen molar-refractivity contribution in [3.8, 4) is 0 Å². The second-order valence-corrected chi connectivity index (χ2v) is 8.03. The summed E-state index contributed by atoms with van der Waals surface area (Å²) in [5, 5.41) is 9.30. The van der Waals surface area contributed by atoms with E-state index in [1.807, 2.05) is 0 Å². The van der Waals surface area contributed by atoms with Crippen LogP contribution in [0, 0.1) is 13.8 Å². The van der Waals surface area contributed by atoms with Gasteiger partial charge >= 0.3 is 0 Å². The SMILES string of the molecule is CCCCCCCCCCCCCCCc1cc(C)cc(C)[n+]1CCO. The van der Waals surface area contributed by atoms with Gasteiger partial charge in [0.05, 0.1) is 0 Å². The molecule has 0 amide bonds. The third-order valence-electron chi connectivity index (χ3n) is 5.46. The van der Waals surface area contributed by atoms with Gasteiger partial charge in [-0.25, -0.2) is 0 Å². The van der Waals surface area contributed by atoms with Gasteiger partial charge in [0, 0.05) is 25.5 Å². The average Bonchev–Trinajstić information content (AvgIpc) is 2.61. The van der Waals surface area contributed by atoms with E-state index in [2.05, 4.69) is 37.5 Å². The van der Waals surface area contributed by atoms with Crippen molar-refractivity contribution in [1.82, 2.24) is 0 Å². The van der Waals surface area contributed by atoms with E-state index < -0.39 is 0 Å². The predicted molar refractivity (Wildman–Crippen MR) is 113 cm³/mol. The van der Waals surface area contributed by atoms with Gasteiger partial charge in [-0.1, -0.05) is 84.0 Å². The standard InChI is InChI=1S/C24H44NO/c1-4-5-6-7-8-9-10-11-12-13-14-15-16-17-24-21-22(2)20-23(3)25(24)18-19-26/h20-21,26H,4-19H2,1-3H3/q+1. The largest absolute Gasteiger partial charge is 0.390 e. The summed E-state index contributed by atoms with van der Waals surface area (Å²) >= 11 is 0. The summed E-state index contributed by atoms with van der Waals surface area (Å²) < 4.78 is 2.29. The molecule has 1 N–H and O–H groups in total. The molecule has 1 rings (SSSR count). The van der Waals surface area contributed by atoms with Crippen LogP contribution < -0.4 is 4.57 Å². The molecule has 0 atom stereocenters. The summed E-state index contributed by atoms with van der Waals surface area (Å²) in [6.45, 7) is 7.55. The molecule has 0 aromatic carbocycles. The van der Waals surface area contributed by atoms with Gasteiger partial charge in [0.25, 0.3) is 0 Å². The lowest BCUT2D eigenvalue weighted by molar-refractivity contribution is -0.711. The van der Waals surface area contributed by atoms with Crippen molar-refractivity contribution in [1.29, 1.82) is 0 Å². The van der Waals surface area contributed by atoms with Gasteiger partial charge in [0.2, 0.25) is 0 Å². The van der Waals surface area contributed by atoms with E-state index in [0.717, 1.165) is 13.0 Å². The van der Waals surface area contributed by atoms with Crippen molar-refractivity contribution in [2.24, 2.45) is 0 Å². The van der Waals surface area contributed by atoms with Gasteiger partial charge in [-0.05, 0) is 18.9 Å². The first-order valence-corrected chi connectivity index (χ1v) is 11.3. The first-order chi connectivity index (χ1) is 12.7. The Bertz CT molecular complexity index is 470. The van der Waals surface area contributed by atoms with Crippen LogP contribution in [0.2, 0.25) is 0 Å². The summed E-state index contributed by atoms with van der Waals surface area (Å²) in [7, 11) is 0. The van der Waals surface area contributed by atoms with Crippen molar-refractivity contribution < 1.29 is 9.67 Å². The van der Waals surface area contributed by atoms with E-state index in [-0.39, 0.29) is 6.61 Å². The van der Waals surface area contributed by atoms with Crippen LogP contribution in [0.4, 0.5) is 0 Å². The number of hydrogen-bond donors (Lipinski definition) is 1. The summed E-state index contributed by atoms with van der Waals surface area (Å²) in [5.41, 5.74) is 3.99. The van der Waals surface area contributed by atoms with Crippen LogP contribution in [0.5, 0.6) is 0 Å². The average molecular weight is 363 g/mol. The second kappa shape index (κ2) is 15.2.